The molecule has 0 fully saturated rings. The van der Waals surface area contributed by atoms with E-state index in [0.717, 1.165) is 5.56 Å². The maximum Gasteiger partial charge on any atom is 0.273 e. The number of carbonyl (C=O) groups excluding carboxylic acids is 1. The highest BCUT2D eigenvalue weighted by Crippen LogP contribution is 2.22. The summed E-state index contributed by atoms with van der Waals surface area (Å²) in [6.07, 6.45) is 3.51. The molecule has 6 nitrogen and oxygen atoms in total. The van der Waals surface area contributed by atoms with Gasteiger partial charge in [0.1, 0.15) is 0 Å². The molecule has 0 bridgehead atoms. The van der Waals surface area contributed by atoms with Crippen molar-refractivity contribution in [1.29, 1.82) is 0 Å². The van der Waals surface area contributed by atoms with Gasteiger partial charge in [-0.2, -0.15) is 0 Å². The highest BCUT2D eigenvalue weighted by atomic mass is 16.5. The zero-order valence-electron chi connectivity index (χ0n) is 13.0. The Balaban J connectivity index is 1.98. The van der Waals surface area contributed by atoms with Crippen LogP contribution >= 0.6 is 0 Å². The Morgan fingerprint density at radius 3 is 2.91 bits per heavy atom. The van der Waals surface area contributed by atoms with Crippen LogP contribution in [0.25, 0.3) is 11.3 Å². The average Bonchev–Trinajstić information content (AvgIpc) is 2.94. The maximum atomic E-state index is 12.1. The lowest BCUT2D eigenvalue weighted by molar-refractivity contribution is 0.0893. The molecule has 0 radical (unpaired) electrons. The Kier molecular flexibility index (Phi) is 4.92. The fourth-order valence-electron chi connectivity index (χ4n) is 2.31. The second-order valence-electron chi connectivity index (χ2n) is 6.22. The van der Waals surface area contributed by atoms with Crippen molar-refractivity contribution in [3.05, 3.63) is 36.3 Å². The van der Waals surface area contributed by atoms with Gasteiger partial charge in [0.25, 0.3) is 5.91 Å². The molecule has 1 amide bonds. The van der Waals surface area contributed by atoms with E-state index < -0.39 is 6.10 Å². The highest BCUT2D eigenvalue weighted by molar-refractivity contribution is 5.93. The Morgan fingerprint density at radius 2 is 2.27 bits per heavy atom. The maximum absolute atomic E-state index is 12.1. The number of carbonyl (C=O) groups is 1. The molecule has 0 aromatic carbocycles. The first-order valence-electron chi connectivity index (χ1n) is 7.21. The van der Waals surface area contributed by atoms with Crippen LogP contribution in [0.15, 0.2) is 35.1 Å². The topological polar surface area (TPSA) is 88.2 Å². The van der Waals surface area contributed by atoms with Gasteiger partial charge in [0.2, 0.25) is 0 Å². The zero-order valence-corrected chi connectivity index (χ0v) is 13.0. The second kappa shape index (κ2) is 6.70. The summed E-state index contributed by atoms with van der Waals surface area (Å²) in [5.74, 6) is 0.207. The third kappa shape index (κ3) is 4.39. The van der Waals surface area contributed by atoms with Crippen molar-refractivity contribution in [1.82, 2.24) is 15.5 Å². The minimum Gasteiger partial charge on any atom is -0.393 e. The smallest absolute Gasteiger partial charge is 0.273 e. The van der Waals surface area contributed by atoms with Crippen molar-refractivity contribution in [2.24, 2.45) is 5.41 Å². The van der Waals surface area contributed by atoms with E-state index in [4.69, 9.17) is 4.52 Å². The van der Waals surface area contributed by atoms with Gasteiger partial charge < -0.3 is 14.9 Å². The molecular formula is C16H21N3O3. The van der Waals surface area contributed by atoms with Crippen molar-refractivity contribution in [2.45, 2.75) is 33.3 Å². The van der Waals surface area contributed by atoms with Gasteiger partial charge in [-0.1, -0.05) is 19.0 Å². The van der Waals surface area contributed by atoms with Crippen LogP contribution in [0, 0.1) is 5.41 Å². The van der Waals surface area contributed by atoms with E-state index in [9.17, 15) is 9.90 Å². The molecule has 1 atom stereocenters. The molecule has 2 aromatic rings. The lowest BCUT2D eigenvalue weighted by atomic mass is 9.87. The zero-order chi connectivity index (χ0) is 16.2. The molecule has 0 spiro atoms. The number of amides is 1. The number of aliphatic hydroxyl groups is 1. The summed E-state index contributed by atoms with van der Waals surface area (Å²) in [7, 11) is 0. The minimum absolute atomic E-state index is 0.195. The highest BCUT2D eigenvalue weighted by Gasteiger charge is 2.22. The van der Waals surface area contributed by atoms with Crippen LogP contribution in [0.1, 0.15) is 37.7 Å². The predicted molar refractivity (Wildman–Crippen MR) is 82.1 cm³/mol. The van der Waals surface area contributed by atoms with E-state index in [1.165, 1.54) is 0 Å². The van der Waals surface area contributed by atoms with E-state index in [-0.39, 0.29) is 17.0 Å². The fraction of sp³-hybridized carbons (Fsp3) is 0.438. The number of aromatic nitrogens is 2. The number of pyridine rings is 1. The number of nitrogens with one attached hydrogen (secondary N) is 1. The van der Waals surface area contributed by atoms with Gasteiger partial charge in [-0.05, 0) is 30.9 Å². The van der Waals surface area contributed by atoms with E-state index >= 15 is 0 Å². The normalized spacial score (nSPS) is 12.9. The van der Waals surface area contributed by atoms with Crippen LogP contribution in [0.5, 0.6) is 0 Å². The molecule has 22 heavy (non-hydrogen) atoms. The number of hydrogen-bond donors (Lipinski definition) is 2. The van der Waals surface area contributed by atoms with E-state index in [1.54, 1.807) is 31.5 Å². The standard InChI is InChI=1S/C16H21N3O3/c1-11(20)8-16(2,3)10-18-15(21)13-7-14(22-19-13)12-5-4-6-17-9-12/h4-7,9,11,20H,8,10H2,1-3H3,(H,18,21). The first kappa shape index (κ1) is 16.2. The van der Waals surface area contributed by atoms with Gasteiger partial charge in [-0.15, -0.1) is 0 Å². The number of rotatable bonds is 6. The summed E-state index contributed by atoms with van der Waals surface area (Å²) in [5.41, 5.74) is 0.801. The lowest BCUT2D eigenvalue weighted by Crippen LogP contribution is -2.35. The average molecular weight is 303 g/mol. The van der Waals surface area contributed by atoms with Gasteiger partial charge in [0, 0.05) is 30.6 Å². The number of aliphatic hydroxyl groups excluding tert-OH is 1. The lowest BCUT2D eigenvalue weighted by Gasteiger charge is -2.26. The Labute approximate surface area is 129 Å². The molecule has 6 heteroatoms. The SMILES string of the molecule is CC(O)CC(C)(C)CNC(=O)c1cc(-c2cccnc2)on1. The first-order valence-corrected chi connectivity index (χ1v) is 7.21. The molecule has 0 aliphatic rings. The third-order valence-corrected chi connectivity index (χ3v) is 3.26. The van der Waals surface area contributed by atoms with Crippen LogP contribution in [0.2, 0.25) is 0 Å². The van der Waals surface area contributed by atoms with Crippen LogP contribution in [0.4, 0.5) is 0 Å². The van der Waals surface area contributed by atoms with Crippen molar-refractivity contribution >= 4 is 5.91 Å². The molecule has 2 N–H and O–H groups in total. The fourth-order valence-corrected chi connectivity index (χ4v) is 2.31. The Morgan fingerprint density at radius 1 is 1.50 bits per heavy atom. The summed E-state index contributed by atoms with van der Waals surface area (Å²) >= 11 is 0. The van der Waals surface area contributed by atoms with Gasteiger partial charge in [-0.3, -0.25) is 9.78 Å². The third-order valence-electron chi connectivity index (χ3n) is 3.26. The molecule has 2 aromatic heterocycles. The largest absolute Gasteiger partial charge is 0.393 e. The van der Waals surface area contributed by atoms with Gasteiger partial charge in [-0.25, -0.2) is 0 Å². The summed E-state index contributed by atoms with van der Waals surface area (Å²) < 4.78 is 5.18. The first-order chi connectivity index (χ1) is 10.4. The minimum atomic E-state index is -0.406. The van der Waals surface area contributed by atoms with Crippen LogP contribution < -0.4 is 5.32 Å². The van der Waals surface area contributed by atoms with E-state index in [0.29, 0.717) is 18.7 Å². The van der Waals surface area contributed by atoms with Crippen molar-refractivity contribution in [3.63, 3.8) is 0 Å². The van der Waals surface area contributed by atoms with Crippen molar-refractivity contribution in [2.75, 3.05) is 6.54 Å². The molecule has 0 aliphatic carbocycles. The quantitative estimate of drug-likeness (QED) is 0.854. The Bertz CT molecular complexity index is 621. The summed E-state index contributed by atoms with van der Waals surface area (Å²) in [5, 5.41) is 16.1. The van der Waals surface area contributed by atoms with Gasteiger partial charge >= 0.3 is 0 Å². The summed E-state index contributed by atoms with van der Waals surface area (Å²) in [4.78, 5) is 16.1. The van der Waals surface area contributed by atoms with Crippen LogP contribution in [0.3, 0.4) is 0 Å². The monoisotopic (exact) mass is 303 g/mol. The van der Waals surface area contributed by atoms with Crippen LogP contribution in [-0.4, -0.2) is 33.8 Å². The number of nitrogens with zero attached hydrogens (tertiary/aromatic N) is 2. The van der Waals surface area contributed by atoms with Gasteiger partial charge in [0.15, 0.2) is 11.5 Å². The molecule has 0 saturated heterocycles. The Hall–Kier alpha value is -2.21. The van der Waals surface area contributed by atoms with E-state index in [1.807, 2.05) is 19.9 Å². The molecule has 2 heterocycles. The molecule has 2 rings (SSSR count). The predicted octanol–water partition coefficient (Wildman–Crippen LogP) is 2.26. The van der Waals surface area contributed by atoms with Crippen molar-refractivity contribution < 1.29 is 14.4 Å². The molecular weight excluding hydrogens is 282 g/mol. The summed E-state index contributed by atoms with van der Waals surface area (Å²) in [6.45, 7) is 6.17. The van der Waals surface area contributed by atoms with E-state index in [2.05, 4.69) is 15.5 Å². The summed E-state index contributed by atoms with van der Waals surface area (Å²) in [6, 6.07) is 5.21. The molecule has 118 valence electrons. The van der Waals surface area contributed by atoms with Crippen LogP contribution in [-0.2, 0) is 0 Å². The second-order valence-corrected chi connectivity index (χ2v) is 6.22. The number of hydrogen-bond acceptors (Lipinski definition) is 5. The molecule has 0 aliphatic heterocycles. The van der Waals surface area contributed by atoms with Crippen molar-refractivity contribution in [3.8, 4) is 11.3 Å². The molecule has 0 saturated carbocycles. The molecule has 1 unspecified atom stereocenters. The van der Waals surface area contributed by atoms with Gasteiger partial charge in [0.05, 0.1) is 6.10 Å².